The van der Waals surface area contributed by atoms with E-state index in [1.165, 1.54) is 51.5 Å². The Balaban J connectivity index is 1.59. The fourth-order valence-corrected chi connectivity index (χ4v) is 3.70. The number of fused-ring (bicyclic) bond motifs is 1. The van der Waals surface area contributed by atoms with E-state index in [0.717, 1.165) is 24.0 Å². The first-order valence-electron chi connectivity index (χ1n) is 6.43. The van der Waals surface area contributed by atoms with Crippen molar-refractivity contribution in [2.75, 3.05) is 6.54 Å². The minimum Gasteiger partial charge on any atom is -0.312 e. The maximum absolute atomic E-state index is 3.86. The predicted octanol–water partition coefficient (Wildman–Crippen LogP) is 1.66. The van der Waals surface area contributed by atoms with Crippen LogP contribution in [0.3, 0.4) is 0 Å². The Morgan fingerprint density at radius 3 is 2.43 bits per heavy atom. The van der Waals surface area contributed by atoms with Gasteiger partial charge in [-0.15, -0.1) is 0 Å². The number of nitrogens with one attached hydrogen (secondary N) is 2. The molecule has 0 radical (unpaired) electrons. The van der Waals surface area contributed by atoms with Crippen LogP contribution in [0.2, 0.25) is 0 Å². The third-order valence-electron chi connectivity index (χ3n) is 4.50. The van der Waals surface area contributed by atoms with Gasteiger partial charge in [-0.05, 0) is 38.1 Å². The minimum atomic E-state index is 0.807. The molecule has 0 spiro atoms. The summed E-state index contributed by atoms with van der Waals surface area (Å²) in [6.45, 7) is 1.24. The quantitative estimate of drug-likeness (QED) is 0.663. The number of hydrogen-bond donors (Lipinski definition) is 2. The summed E-state index contributed by atoms with van der Waals surface area (Å²) in [4.78, 5) is 0. The zero-order valence-electron chi connectivity index (χ0n) is 8.97. The van der Waals surface area contributed by atoms with Crippen LogP contribution in [0.15, 0.2) is 0 Å². The van der Waals surface area contributed by atoms with E-state index in [9.17, 15) is 0 Å². The van der Waals surface area contributed by atoms with E-state index in [1.807, 2.05) is 0 Å². The van der Waals surface area contributed by atoms with Gasteiger partial charge in [0.1, 0.15) is 0 Å². The molecule has 3 aliphatic rings. The van der Waals surface area contributed by atoms with Crippen molar-refractivity contribution >= 4 is 0 Å². The van der Waals surface area contributed by atoms with Crippen LogP contribution in [-0.2, 0) is 0 Å². The Labute approximate surface area is 86.8 Å². The molecule has 2 nitrogen and oxygen atoms in total. The van der Waals surface area contributed by atoms with Crippen molar-refractivity contribution in [1.82, 2.24) is 10.6 Å². The van der Waals surface area contributed by atoms with Crippen LogP contribution in [0.4, 0.5) is 0 Å². The molecule has 1 saturated carbocycles. The molecule has 14 heavy (non-hydrogen) atoms. The molecule has 3 fully saturated rings. The van der Waals surface area contributed by atoms with Crippen LogP contribution in [-0.4, -0.2) is 24.7 Å². The topological polar surface area (TPSA) is 24.1 Å². The van der Waals surface area contributed by atoms with Crippen LogP contribution >= 0.6 is 0 Å². The number of rotatable bonds is 1. The summed E-state index contributed by atoms with van der Waals surface area (Å²) in [6, 6.07) is 2.46. The fraction of sp³-hybridized carbons (Fsp3) is 1.00. The Kier molecular flexibility index (Phi) is 2.50. The first-order chi connectivity index (χ1) is 6.93. The van der Waals surface area contributed by atoms with Gasteiger partial charge in [-0.1, -0.05) is 19.3 Å². The van der Waals surface area contributed by atoms with Crippen molar-refractivity contribution in [1.29, 1.82) is 0 Å². The molecule has 0 bridgehead atoms. The summed E-state index contributed by atoms with van der Waals surface area (Å²) in [5.41, 5.74) is 0. The van der Waals surface area contributed by atoms with E-state index < -0.39 is 0 Å². The molecule has 2 saturated heterocycles. The summed E-state index contributed by atoms with van der Waals surface area (Å²) in [6.07, 6.45) is 10.2. The van der Waals surface area contributed by atoms with Gasteiger partial charge in [-0.2, -0.15) is 0 Å². The van der Waals surface area contributed by atoms with Gasteiger partial charge in [-0.25, -0.2) is 0 Å². The van der Waals surface area contributed by atoms with Crippen molar-refractivity contribution in [2.45, 2.75) is 63.1 Å². The summed E-state index contributed by atoms with van der Waals surface area (Å²) < 4.78 is 0. The van der Waals surface area contributed by atoms with Gasteiger partial charge in [0.15, 0.2) is 0 Å². The second-order valence-electron chi connectivity index (χ2n) is 5.36. The molecule has 0 aromatic rings. The van der Waals surface area contributed by atoms with Gasteiger partial charge in [0, 0.05) is 18.1 Å². The van der Waals surface area contributed by atoms with E-state index in [-0.39, 0.29) is 0 Å². The smallest absolute Gasteiger partial charge is 0.0236 e. The van der Waals surface area contributed by atoms with Crippen LogP contribution in [0.1, 0.15) is 44.9 Å². The lowest BCUT2D eigenvalue weighted by molar-refractivity contribution is 0.278. The second kappa shape index (κ2) is 3.82. The highest BCUT2D eigenvalue weighted by molar-refractivity contribution is 5.01. The lowest BCUT2D eigenvalue weighted by Gasteiger charge is -2.28. The van der Waals surface area contributed by atoms with Gasteiger partial charge in [0.05, 0.1) is 0 Å². The molecule has 80 valence electrons. The molecular weight excluding hydrogens is 172 g/mol. The highest BCUT2D eigenvalue weighted by Crippen LogP contribution is 2.33. The molecule has 2 heterocycles. The zero-order chi connectivity index (χ0) is 9.38. The van der Waals surface area contributed by atoms with E-state index in [1.54, 1.807) is 0 Å². The molecule has 2 heteroatoms. The first kappa shape index (κ1) is 9.17. The van der Waals surface area contributed by atoms with Gasteiger partial charge < -0.3 is 10.6 Å². The van der Waals surface area contributed by atoms with Crippen LogP contribution in [0, 0.1) is 5.92 Å². The lowest BCUT2D eigenvalue weighted by Crippen LogP contribution is -2.36. The summed E-state index contributed by atoms with van der Waals surface area (Å²) in [7, 11) is 0. The first-order valence-corrected chi connectivity index (χ1v) is 6.43. The third kappa shape index (κ3) is 1.59. The van der Waals surface area contributed by atoms with Crippen molar-refractivity contribution < 1.29 is 0 Å². The van der Waals surface area contributed by atoms with E-state index in [0.29, 0.717) is 0 Å². The summed E-state index contributed by atoms with van der Waals surface area (Å²) >= 11 is 0. The minimum absolute atomic E-state index is 0.807. The van der Waals surface area contributed by atoms with Crippen molar-refractivity contribution in [2.24, 2.45) is 5.92 Å². The molecule has 3 rings (SSSR count). The molecule has 0 amide bonds. The largest absolute Gasteiger partial charge is 0.312 e. The lowest BCUT2D eigenvalue weighted by atomic mass is 9.83. The zero-order valence-corrected chi connectivity index (χ0v) is 8.97. The summed E-state index contributed by atoms with van der Waals surface area (Å²) in [5, 5.41) is 7.49. The molecular formula is C12H22N2. The second-order valence-corrected chi connectivity index (χ2v) is 5.36. The Hall–Kier alpha value is -0.0800. The van der Waals surface area contributed by atoms with Gasteiger partial charge in [0.2, 0.25) is 0 Å². The van der Waals surface area contributed by atoms with E-state index in [2.05, 4.69) is 10.6 Å². The maximum atomic E-state index is 3.86. The molecule has 2 aliphatic heterocycles. The Morgan fingerprint density at radius 2 is 1.64 bits per heavy atom. The van der Waals surface area contributed by atoms with Gasteiger partial charge in [0.25, 0.3) is 0 Å². The third-order valence-corrected chi connectivity index (χ3v) is 4.50. The molecule has 2 N–H and O–H groups in total. The average molecular weight is 194 g/mol. The average Bonchev–Trinajstić information content (AvgIpc) is 2.78. The Bertz CT molecular complexity index is 186. The molecule has 1 aliphatic carbocycles. The van der Waals surface area contributed by atoms with E-state index in [4.69, 9.17) is 0 Å². The molecule has 3 atom stereocenters. The standard InChI is InChI=1S/C12H22N2/c1-2-4-9(5-3-1)11-8-12-10(14-11)6-7-13-12/h9-14H,1-8H2. The van der Waals surface area contributed by atoms with E-state index >= 15 is 0 Å². The predicted molar refractivity (Wildman–Crippen MR) is 58.3 cm³/mol. The van der Waals surface area contributed by atoms with Gasteiger partial charge >= 0.3 is 0 Å². The molecule has 0 aromatic heterocycles. The van der Waals surface area contributed by atoms with Gasteiger partial charge in [-0.3, -0.25) is 0 Å². The molecule has 0 aromatic carbocycles. The van der Waals surface area contributed by atoms with Crippen molar-refractivity contribution in [3.63, 3.8) is 0 Å². The molecule has 3 unspecified atom stereocenters. The van der Waals surface area contributed by atoms with Crippen LogP contribution in [0.5, 0.6) is 0 Å². The Morgan fingerprint density at radius 1 is 0.786 bits per heavy atom. The number of hydrogen-bond acceptors (Lipinski definition) is 2. The summed E-state index contributed by atoms with van der Waals surface area (Å²) in [5.74, 6) is 0.996. The van der Waals surface area contributed by atoms with Crippen LogP contribution < -0.4 is 10.6 Å². The van der Waals surface area contributed by atoms with Crippen LogP contribution in [0.25, 0.3) is 0 Å². The maximum Gasteiger partial charge on any atom is 0.0236 e. The van der Waals surface area contributed by atoms with Crippen molar-refractivity contribution in [3.05, 3.63) is 0 Å². The fourth-order valence-electron chi connectivity index (χ4n) is 3.70. The highest BCUT2D eigenvalue weighted by Gasteiger charge is 2.39. The SMILES string of the molecule is C1CCC(C2CC3NCCC3N2)CC1. The monoisotopic (exact) mass is 194 g/mol. The highest BCUT2D eigenvalue weighted by atomic mass is 15.1. The van der Waals surface area contributed by atoms with Crippen molar-refractivity contribution in [3.8, 4) is 0 Å². The normalized spacial score (nSPS) is 44.1.